The Bertz CT molecular complexity index is 1360. The number of aromatic nitrogens is 4. The first-order valence-electron chi connectivity index (χ1n) is 10.8. The Morgan fingerprint density at radius 2 is 1.79 bits per heavy atom. The first-order valence-corrected chi connectivity index (χ1v) is 11.2. The molecule has 3 aromatic rings. The number of carbonyl (C=O) groups excluding carboxylic acids is 1. The van der Waals surface area contributed by atoms with Crippen LogP contribution in [-0.2, 0) is 13.2 Å². The number of halogens is 10. The van der Waals surface area contributed by atoms with E-state index in [1.807, 2.05) is 0 Å². The van der Waals surface area contributed by atoms with Crippen LogP contribution in [-0.4, -0.2) is 43.8 Å². The smallest absolute Gasteiger partial charge is 0.410 e. The molecule has 0 spiro atoms. The van der Waals surface area contributed by atoms with E-state index < -0.39 is 41.9 Å². The fraction of sp³-hybridized carbons (Fsp3) is 0.409. The lowest BCUT2D eigenvalue weighted by Gasteiger charge is -2.22. The summed E-state index contributed by atoms with van der Waals surface area (Å²) < 4.78 is 124. The number of ketones is 1. The molecule has 0 N–H and O–H groups in total. The van der Waals surface area contributed by atoms with Crippen LogP contribution in [0, 0.1) is 5.92 Å². The van der Waals surface area contributed by atoms with Gasteiger partial charge in [0, 0.05) is 30.8 Å². The number of rotatable bonds is 8. The molecule has 1 fully saturated rings. The standard InChI is InChI=1S/C22H16ClF9N4O2/c1-35-18(16(20(25,26)27)17(34-35)38-22(31,32)19(24)21(28,29)30)36-9-12(8-33-36)11-4-5-14(23)13(7-11)15(37)6-10-2-3-10/h4-5,7-10,19H,2-3,6H2,1H3. The van der Waals surface area contributed by atoms with Crippen molar-refractivity contribution < 1.29 is 49.0 Å². The molecule has 1 unspecified atom stereocenters. The fourth-order valence-corrected chi connectivity index (χ4v) is 3.87. The summed E-state index contributed by atoms with van der Waals surface area (Å²) in [5.74, 6) is -2.94. The van der Waals surface area contributed by atoms with Gasteiger partial charge in [-0.05, 0) is 36.5 Å². The molecule has 38 heavy (non-hydrogen) atoms. The van der Waals surface area contributed by atoms with Crippen molar-refractivity contribution in [3.8, 4) is 22.8 Å². The molecule has 0 saturated heterocycles. The predicted molar refractivity (Wildman–Crippen MR) is 114 cm³/mol. The predicted octanol–water partition coefficient (Wildman–Crippen LogP) is 6.80. The lowest BCUT2D eigenvalue weighted by atomic mass is 10.0. The lowest BCUT2D eigenvalue weighted by molar-refractivity contribution is -0.306. The van der Waals surface area contributed by atoms with Gasteiger partial charge in [0.2, 0.25) is 0 Å². The van der Waals surface area contributed by atoms with Gasteiger partial charge < -0.3 is 4.74 Å². The second-order valence-electron chi connectivity index (χ2n) is 8.63. The van der Waals surface area contributed by atoms with Crippen molar-refractivity contribution in [3.05, 3.63) is 46.7 Å². The Balaban J connectivity index is 1.72. The average molecular weight is 575 g/mol. The van der Waals surface area contributed by atoms with Crippen LogP contribution in [0.1, 0.15) is 35.2 Å². The van der Waals surface area contributed by atoms with E-state index in [0.29, 0.717) is 14.9 Å². The van der Waals surface area contributed by atoms with Gasteiger partial charge in [-0.1, -0.05) is 17.7 Å². The number of Topliss-reactive ketones (excluding diaryl/α,β-unsaturated/α-hetero) is 1. The normalized spacial score (nSPS) is 15.6. The number of carbonyl (C=O) groups is 1. The monoisotopic (exact) mass is 574 g/mol. The summed E-state index contributed by atoms with van der Waals surface area (Å²) in [5, 5.41) is 7.05. The third-order valence-electron chi connectivity index (χ3n) is 5.65. The number of benzene rings is 1. The van der Waals surface area contributed by atoms with Crippen LogP contribution in [0.5, 0.6) is 5.88 Å². The molecule has 0 radical (unpaired) electrons. The zero-order valence-electron chi connectivity index (χ0n) is 19.0. The third kappa shape index (κ3) is 5.61. The van der Waals surface area contributed by atoms with Crippen molar-refractivity contribution in [3.63, 3.8) is 0 Å². The van der Waals surface area contributed by atoms with Gasteiger partial charge in [-0.25, -0.2) is 13.8 Å². The van der Waals surface area contributed by atoms with E-state index in [-0.39, 0.29) is 34.3 Å². The SMILES string of the molecule is Cn1nc(OC(F)(F)C(F)C(F)(F)F)c(C(F)(F)F)c1-n1cc(-c2ccc(Cl)c(C(=O)CC3CC3)c2)cn1. The molecule has 0 aliphatic heterocycles. The zero-order chi connectivity index (χ0) is 28.2. The Hall–Kier alpha value is -3.23. The molecular formula is C22H16ClF9N4O2. The molecule has 1 atom stereocenters. The summed E-state index contributed by atoms with van der Waals surface area (Å²) in [6.45, 7) is 0. The van der Waals surface area contributed by atoms with Crippen LogP contribution in [0.3, 0.4) is 0 Å². The first-order chi connectivity index (χ1) is 17.5. The van der Waals surface area contributed by atoms with Crippen molar-refractivity contribution in [1.29, 1.82) is 0 Å². The van der Waals surface area contributed by atoms with Crippen molar-refractivity contribution in [2.24, 2.45) is 13.0 Å². The molecule has 206 valence electrons. The molecular weight excluding hydrogens is 559 g/mol. The first kappa shape index (κ1) is 27.8. The molecule has 2 heterocycles. The van der Waals surface area contributed by atoms with Crippen molar-refractivity contribution in [2.75, 3.05) is 0 Å². The van der Waals surface area contributed by atoms with Gasteiger partial charge in [0.1, 0.15) is 0 Å². The maximum atomic E-state index is 13.9. The van der Waals surface area contributed by atoms with Gasteiger partial charge in [-0.2, -0.15) is 40.2 Å². The highest BCUT2D eigenvalue weighted by Gasteiger charge is 2.60. The minimum absolute atomic E-state index is 0.172. The van der Waals surface area contributed by atoms with Gasteiger partial charge in [-0.3, -0.25) is 4.79 Å². The maximum absolute atomic E-state index is 13.9. The fourth-order valence-electron chi connectivity index (χ4n) is 3.64. The Morgan fingerprint density at radius 1 is 1.13 bits per heavy atom. The van der Waals surface area contributed by atoms with Gasteiger partial charge >= 0.3 is 18.5 Å². The molecule has 1 aromatic carbocycles. The van der Waals surface area contributed by atoms with Crippen LogP contribution in [0.2, 0.25) is 5.02 Å². The van der Waals surface area contributed by atoms with Gasteiger partial charge in [-0.15, -0.1) is 5.10 Å². The van der Waals surface area contributed by atoms with E-state index in [9.17, 15) is 44.3 Å². The number of ether oxygens (including phenoxy) is 1. The van der Waals surface area contributed by atoms with E-state index in [2.05, 4.69) is 14.9 Å². The largest absolute Gasteiger partial charge is 0.440 e. The minimum atomic E-state index is -6.12. The zero-order valence-corrected chi connectivity index (χ0v) is 19.8. The minimum Gasteiger partial charge on any atom is -0.410 e. The highest BCUT2D eigenvalue weighted by atomic mass is 35.5. The van der Waals surface area contributed by atoms with Gasteiger partial charge in [0.15, 0.2) is 17.2 Å². The summed E-state index contributed by atoms with van der Waals surface area (Å²) >= 11 is 6.13. The molecule has 6 nitrogen and oxygen atoms in total. The van der Waals surface area contributed by atoms with Gasteiger partial charge in [0.25, 0.3) is 12.1 Å². The van der Waals surface area contributed by atoms with Crippen molar-refractivity contribution in [1.82, 2.24) is 19.6 Å². The highest BCUT2D eigenvalue weighted by molar-refractivity contribution is 6.34. The van der Waals surface area contributed by atoms with E-state index in [0.717, 1.165) is 32.3 Å². The third-order valence-corrected chi connectivity index (χ3v) is 5.98. The Labute approximate surface area is 212 Å². The number of hydrogen-bond acceptors (Lipinski definition) is 4. The molecule has 4 rings (SSSR count). The molecule has 2 aromatic heterocycles. The van der Waals surface area contributed by atoms with Crippen molar-refractivity contribution >= 4 is 17.4 Å². The quantitative estimate of drug-likeness (QED) is 0.219. The Morgan fingerprint density at radius 3 is 2.37 bits per heavy atom. The van der Waals surface area contributed by atoms with Crippen LogP contribution >= 0.6 is 11.6 Å². The van der Waals surface area contributed by atoms with E-state index in [1.165, 1.54) is 18.2 Å². The lowest BCUT2D eigenvalue weighted by Crippen LogP contribution is -2.46. The maximum Gasteiger partial charge on any atom is 0.440 e. The molecule has 16 heteroatoms. The van der Waals surface area contributed by atoms with Crippen molar-refractivity contribution in [2.45, 2.75) is 43.9 Å². The number of hydrogen-bond donors (Lipinski definition) is 0. The van der Waals surface area contributed by atoms with Crippen LogP contribution in [0.25, 0.3) is 16.9 Å². The molecule has 1 aliphatic rings. The summed E-state index contributed by atoms with van der Waals surface area (Å²) in [6.07, 6.45) is -18.0. The van der Waals surface area contributed by atoms with Gasteiger partial charge in [0.05, 0.1) is 11.2 Å². The summed E-state index contributed by atoms with van der Waals surface area (Å²) in [7, 11) is 0.866. The van der Waals surface area contributed by atoms with E-state index >= 15 is 0 Å². The number of nitrogens with zero attached hydrogens (tertiary/aromatic N) is 4. The summed E-state index contributed by atoms with van der Waals surface area (Å²) in [6, 6.07) is 4.32. The summed E-state index contributed by atoms with van der Waals surface area (Å²) in [5.41, 5.74) is -1.29. The van der Waals surface area contributed by atoms with Crippen LogP contribution in [0.4, 0.5) is 39.5 Å². The average Bonchev–Trinajstić information content (AvgIpc) is 3.35. The second-order valence-corrected chi connectivity index (χ2v) is 9.04. The molecule has 1 aliphatic carbocycles. The number of alkyl halides is 9. The number of aryl methyl sites for hydroxylation is 1. The topological polar surface area (TPSA) is 61.9 Å². The molecule has 0 amide bonds. The highest BCUT2D eigenvalue weighted by Crippen LogP contribution is 2.44. The molecule has 1 saturated carbocycles. The van der Waals surface area contributed by atoms with E-state index in [4.69, 9.17) is 11.6 Å². The Kier molecular flexibility index (Phi) is 6.95. The second kappa shape index (κ2) is 9.50. The molecule has 0 bridgehead atoms. The van der Waals surface area contributed by atoms with E-state index in [1.54, 1.807) is 0 Å². The summed E-state index contributed by atoms with van der Waals surface area (Å²) in [4.78, 5) is 12.5. The van der Waals surface area contributed by atoms with Crippen LogP contribution < -0.4 is 4.74 Å². The van der Waals surface area contributed by atoms with Crippen LogP contribution in [0.15, 0.2) is 30.6 Å².